The maximum Gasteiger partial charge on any atom is 0.303 e. The van der Waals surface area contributed by atoms with E-state index in [0.29, 0.717) is 18.8 Å². The van der Waals surface area contributed by atoms with E-state index in [-0.39, 0.29) is 6.42 Å². The molecule has 2 N–H and O–H groups in total. The van der Waals surface area contributed by atoms with Crippen molar-refractivity contribution in [1.29, 1.82) is 0 Å². The highest BCUT2D eigenvalue weighted by atomic mass is 16.4. The van der Waals surface area contributed by atoms with Crippen molar-refractivity contribution < 1.29 is 15.0 Å². The number of hydrogen-bond donors (Lipinski definition) is 2. The first kappa shape index (κ1) is 15.7. The van der Waals surface area contributed by atoms with Crippen molar-refractivity contribution in [2.45, 2.75) is 58.0 Å². The molecule has 0 spiro atoms. The van der Waals surface area contributed by atoms with E-state index >= 15 is 0 Å². The summed E-state index contributed by atoms with van der Waals surface area (Å²) in [5.74, 6) is -0.228. The van der Waals surface area contributed by atoms with Crippen LogP contribution >= 0.6 is 0 Å². The molecule has 2 unspecified atom stereocenters. The van der Waals surface area contributed by atoms with Gasteiger partial charge in [-0.05, 0) is 42.7 Å². The van der Waals surface area contributed by atoms with Gasteiger partial charge in [-0.3, -0.25) is 4.79 Å². The number of carboxylic acid groups (broad SMARTS) is 1. The van der Waals surface area contributed by atoms with Crippen molar-refractivity contribution in [1.82, 2.24) is 0 Å². The van der Waals surface area contributed by atoms with Gasteiger partial charge in [-0.25, -0.2) is 0 Å². The minimum Gasteiger partial charge on any atom is -0.481 e. The second-order valence-corrected chi connectivity index (χ2v) is 5.13. The fourth-order valence-corrected chi connectivity index (χ4v) is 2.06. The summed E-state index contributed by atoms with van der Waals surface area (Å²) in [6.07, 6.45) is 2.78. The largest absolute Gasteiger partial charge is 0.481 e. The summed E-state index contributed by atoms with van der Waals surface area (Å²) < 4.78 is 0. The van der Waals surface area contributed by atoms with Crippen LogP contribution in [-0.4, -0.2) is 16.2 Å². The van der Waals surface area contributed by atoms with E-state index in [1.165, 1.54) is 5.56 Å². The molecule has 0 fully saturated rings. The molecule has 1 aromatic carbocycles. The summed E-state index contributed by atoms with van der Waals surface area (Å²) in [5.41, 5.74) is 2.21. The molecule has 0 saturated heterocycles. The van der Waals surface area contributed by atoms with Crippen LogP contribution in [0.15, 0.2) is 24.3 Å². The molecule has 0 radical (unpaired) electrons. The lowest BCUT2D eigenvalue weighted by atomic mass is 9.95. The lowest BCUT2D eigenvalue weighted by Crippen LogP contribution is -2.00. The van der Waals surface area contributed by atoms with Gasteiger partial charge in [-0.2, -0.15) is 0 Å². The molecule has 1 aromatic rings. The number of hydrogen-bond acceptors (Lipinski definition) is 2. The first-order chi connectivity index (χ1) is 9.04. The zero-order valence-corrected chi connectivity index (χ0v) is 11.8. The lowest BCUT2D eigenvalue weighted by molar-refractivity contribution is -0.137. The Morgan fingerprint density at radius 2 is 1.74 bits per heavy atom. The van der Waals surface area contributed by atoms with E-state index in [9.17, 15) is 9.90 Å². The molecule has 0 heterocycles. The number of aliphatic hydroxyl groups excluding tert-OH is 1. The average Bonchev–Trinajstić information content (AvgIpc) is 2.42. The minimum atomic E-state index is -0.771. The van der Waals surface area contributed by atoms with E-state index in [1.54, 1.807) is 0 Å². The highest BCUT2D eigenvalue weighted by molar-refractivity contribution is 5.66. The molecule has 3 heteroatoms. The van der Waals surface area contributed by atoms with Crippen molar-refractivity contribution in [3.8, 4) is 0 Å². The second kappa shape index (κ2) is 7.95. The predicted octanol–water partition coefficient (Wildman–Crippen LogP) is 3.88. The topological polar surface area (TPSA) is 57.5 Å². The second-order valence-electron chi connectivity index (χ2n) is 5.13. The van der Waals surface area contributed by atoms with Crippen molar-refractivity contribution >= 4 is 5.97 Å². The number of carboxylic acids is 1. The Hall–Kier alpha value is -1.35. The van der Waals surface area contributed by atoms with Crippen LogP contribution in [0.3, 0.4) is 0 Å². The maximum absolute atomic E-state index is 10.4. The van der Waals surface area contributed by atoms with Gasteiger partial charge >= 0.3 is 5.97 Å². The zero-order chi connectivity index (χ0) is 14.3. The molecule has 0 aliphatic carbocycles. The average molecular weight is 264 g/mol. The molecule has 0 saturated carbocycles. The van der Waals surface area contributed by atoms with E-state index in [2.05, 4.69) is 26.0 Å². The van der Waals surface area contributed by atoms with Gasteiger partial charge < -0.3 is 10.2 Å². The standard InChI is InChI=1S/C16H24O3/c1-3-12(2)13-8-10-14(11-9-13)15(17)6-4-5-7-16(18)19/h8-12,15,17H,3-7H2,1-2H3,(H,18,19). The van der Waals surface area contributed by atoms with Crippen LogP contribution < -0.4 is 0 Å². The molecule has 0 aliphatic rings. The molecule has 0 amide bonds. The van der Waals surface area contributed by atoms with Gasteiger partial charge in [0.1, 0.15) is 0 Å². The smallest absolute Gasteiger partial charge is 0.303 e. The van der Waals surface area contributed by atoms with Gasteiger partial charge in [0.25, 0.3) is 0 Å². The monoisotopic (exact) mass is 264 g/mol. The maximum atomic E-state index is 10.4. The number of rotatable bonds is 8. The van der Waals surface area contributed by atoms with Crippen molar-refractivity contribution in [2.24, 2.45) is 0 Å². The third-order valence-electron chi connectivity index (χ3n) is 3.62. The van der Waals surface area contributed by atoms with Gasteiger partial charge in [0.15, 0.2) is 0 Å². The summed E-state index contributed by atoms with van der Waals surface area (Å²) in [5, 5.41) is 18.6. The van der Waals surface area contributed by atoms with Gasteiger partial charge in [0.2, 0.25) is 0 Å². The van der Waals surface area contributed by atoms with Gasteiger partial charge in [0.05, 0.1) is 6.10 Å². The molecule has 2 atom stereocenters. The van der Waals surface area contributed by atoms with Crippen LogP contribution in [0.5, 0.6) is 0 Å². The van der Waals surface area contributed by atoms with Crippen LogP contribution in [0.1, 0.15) is 69.1 Å². The van der Waals surface area contributed by atoms with E-state index in [1.807, 2.05) is 12.1 Å². The summed E-state index contributed by atoms with van der Waals surface area (Å²) in [6.45, 7) is 4.35. The van der Waals surface area contributed by atoms with Crippen LogP contribution in [0, 0.1) is 0 Å². The Labute approximate surface area is 115 Å². The highest BCUT2D eigenvalue weighted by Gasteiger charge is 2.09. The summed E-state index contributed by atoms with van der Waals surface area (Å²) in [6, 6.07) is 8.10. The third kappa shape index (κ3) is 5.43. The number of aliphatic carboxylic acids is 1. The van der Waals surface area contributed by atoms with Crippen molar-refractivity contribution in [3.63, 3.8) is 0 Å². The zero-order valence-electron chi connectivity index (χ0n) is 11.8. The quantitative estimate of drug-likeness (QED) is 0.700. The van der Waals surface area contributed by atoms with E-state index < -0.39 is 12.1 Å². The van der Waals surface area contributed by atoms with E-state index in [4.69, 9.17) is 5.11 Å². The number of unbranched alkanes of at least 4 members (excludes halogenated alkanes) is 1. The fraction of sp³-hybridized carbons (Fsp3) is 0.562. The van der Waals surface area contributed by atoms with Crippen LogP contribution in [0.4, 0.5) is 0 Å². The predicted molar refractivity (Wildman–Crippen MR) is 76.2 cm³/mol. The highest BCUT2D eigenvalue weighted by Crippen LogP contribution is 2.23. The number of carbonyl (C=O) groups is 1. The third-order valence-corrected chi connectivity index (χ3v) is 3.62. The first-order valence-corrected chi connectivity index (χ1v) is 7.04. The molecular formula is C16H24O3. The normalized spacial score (nSPS) is 14.1. The van der Waals surface area contributed by atoms with E-state index in [0.717, 1.165) is 18.4 Å². The number of aliphatic hydroxyl groups is 1. The van der Waals surface area contributed by atoms with Crippen molar-refractivity contribution in [2.75, 3.05) is 0 Å². The Morgan fingerprint density at radius 1 is 1.16 bits per heavy atom. The Morgan fingerprint density at radius 3 is 2.26 bits per heavy atom. The molecule has 0 bridgehead atoms. The van der Waals surface area contributed by atoms with Crippen LogP contribution in [0.2, 0.25) is 0 Å². The van der Waals surface area contributed by atoms with Gasteiger partial charge in [0, 0.05) is 6.42 Å². The Kier molecular flexibility index (Phi) is 6.57. The molecular weight excluding hydrogens is 240 g/mol. The minimum absolute atomic E-state index is 0.180. The summed E-state index contributed by atoms with van der Waals surface area (Å²) in [7, 11) is 0. The van der Waals surface area contributed by atoms with Gasteiger partial charge in [-0.15, -0.1) is 0 Å². The Bertz CT molecular complexity index is 383. The molecule has 1 rings (SSSR count). The Balaban J connectivity index is 2.44. The van der Waals surface area contributed by atoms with Crippen molar-refractivity contribution in [3.05, 3.63) is 35.4 Å². The van der Waals surface area contributed by atoms with Gasteiger partial charge in [-0.1, -0.05) is 38.1 Å². The molecule has 19 heavy (non-hydrogen) atoms. The summed E-state index contributed by atoms with van der Waals surface area (Å²) >= 11 is 0. The molecule has 3 nitrogen and oxygen atoms in total. The van der Waals surface area contributed by atoms with Crippen LogP contribution in [0.25, 0.3) is 0 Å². The SMILES string of the molecule is CCC(C)c1ccc(C(O)CCCCC(=O)O)cc1. The summed E-state index contributed by atoms with van der Waals surface area (Å²) in [4.78, 5) is 10.4. The van der Waals surface area contributed by atoms with Crippen LogP contribution in [-0.2, 0) is 4.79 Å². The lowest BCUT2D eigenvalue weighted by Gasteiger charge is -2.13. The first-order valence-electron chi connectivity index (χ1n) is 7.04. The molecule has 106 valence electrons. The molecule has 0 aliphatic heterocycles. The molecule has 0 aromatic heterocycles. The number of benzene rings is 1. The fourth-order valence-electron chi connectivity index (χ4n) is 2.06.